The van der Waals surface area contributed by atoms with Crippen molar-refractivity contribution in [1.82, 2.24) is 9.13 Å². The monoisotopic (exact) mass is 738 g/mol. The average Bonchev–Trinajstić information content (AvgIpc) is 3.99. The summed E-state index contributed by atoms with van der Waals surface area (Å²) in [6, 6.07) is 77.3. The van der Waals surface area contributed by atoms with Gasteiger partial charge in [-0.25, -0.2) is 0 Å². The third-order valence-electron chi connectivity index (χ3n) is 12.9. The highest BCUT2D eigenvalue weighted by atomic mass is 28.3. The number of rotatable bonds is 3. The molecule has 2 aromatic heterocycles. The number of nitrogens with zero attached hydrogens (tertiary/aromatic N) is 2. The quantitative estimate of drug-likeness (QED) is 0.160. The van der Waals surface area contributed by atoms with Crippen LogP contribution in [0.5, 0.6) is 0 Å². The number of aromatic nitrogens is 2. The summed E-state index contributed by atoms with van der Waals surface area (Å²) < 4.78 is 4.89. The van der Waals surface area contributed by atoms with E-state index >= 15 is 0 Å². The van der Waals surface area contributed by atoms with Crippen LogP contribution in [0, 0.1) is 0 Å². The molecule has 0 bridgehead atoms. The lowest BCUT2D eigenvalue weighted by atomic mass is 10.00. The molecule has 0 aliphatic carbocycles. The van der Waals surface area contributed by atoms with Gasteiger partial charge in [0.25, 0.3) is 0 Å². The van der Waals surface area contributed by atoms with Crippen molar-refractivity contribution < 1.29 is 0 Å². The Morgan fingerprint density at radius 3 is 1.33 bits per heavy atom. The SMILES string of the molecule is c1ccc(-n2c3ccccc3c3c4c5ccccc5n(-c5cccc(-c6ccc7c(c6)[Si]6(c8ccccc8-c8ccccc86)c6ccccc6-7)c5)c4ccc32)cc1. The van der Waals surface area contributed by atoms with Crippen LogP contribution >= 0.6 is 0 Å². The van der Waals surface area contributed by atoms with Crippen LogP contribution < -0.4 is 20.7 Å². The molecule has 0 radical (unpaired) electrons. The fourth-order valence-corrected chi connectivity index (χ4v) is 16.4. The van der Waals surface area contributed by atoms with Crippen LogP contribution in [-0.4, -0.2) is 17.2 Å². The number of hydrogen-bond acceptors (Lipinski definition) is 0. The molecule has 11 aromatic rings. The van der Waals surface area contributed by atoms with Gasteiger partial charge in [0.2, 0.25) is 0 Å². The van der Waals surface area contributed by atoms with Crippen LogP contribution in [0.15, 0.2) is 206 Å². The first-order chi connectivity index (χ1) is 28.3. The fraction of sp³-hybridized carbons (Fsp3) is 0. The molecule has 2 aliphatic heterocycles. The second kappa shape index (κ2) is 11.4. The van der Waals surface area contributed by atoms with E-state index in [1.165, 1.54) is 103 Å². The van der Waals surface area contributed by atoms with Crippen LogP contribution in [0.1, 0.15) is 0 Å². The molecule has 0 fully saturated rings. The highest BCUT2D eigenvalue weighted by molar-refractivity contribution is 7.24. The van der Waals surface area contributed by atoms with Gasteiger partial charge in [-0.1, -0.05) is 158 Å². The molecule has 1 spiro atoms. The van der Waals surface area contributed by atoms with Gasteiger partial charge in [-0.2, -0.15) is 0 Å². The third kappa shape index (κ3) is 3.98. The minimum atomic E-state index is -2.53. The summed E-state index contributed by atoms with van der Waals surface area (Å²) in [5, 5.41) is 11.1. The average molecular weight is 739 g/mol. The molecule has 4 heterocycles. The van der Waals surface area contributed by atoms with Gasteiger partial charge in [0.15, 0.2) is 8.07 Å². The molecule has 13 rings (SSSR count). The van der Waals surface area contributed by atoms with Crippen LogP contribution in [0.25, 0.3) is 88.4 Å². The first-order valence-electron chi connectivity index (χ1n) is 19.9. The Balaban J connectivity index is 1.04. The van der Waals surface area contributed by atoms with E-state index < -0.39 is 8.07 Å². The van der Waals surface area contributed by atoms with E-state index in [2.05, 4.69) is 215 Å². The number of benzene rings is 9. The van der Waals surface area contributed by atoms with Crippen molar-refractivity contribution >= 4 is 72.4 Å². The van der Waals surface area contributed by atoms with Crippen molar-refractivity contribution in [2.45, 2.75) is 0 Å². The van der Waals surface area contributed by atoms with Gasteiger partial charge in [0.05, 0.1) is 22.1 Å². The smallest absolute Gasteiger partial charge is 0.182 e. The molecular weight excluding hydrogens is 705 g/mol. The molecule has 0 amide bonds. The Labute approximate surface area is 331 Å². The zero-order valence-corrected chi connectivity index (χ0v) is 32.0. The number of fused-ring (bicyclic) bond motifs is 17. The maximum Gasteiger partial charge on any atom is 0.182 e. The Bertz CT molecular complexity index is 3410. The van der Waals surface area contributed by atoms with Gasteiger partial charge in [0, 0.05) is 32.9 Å². The summed E-state index contributed by atoms with van der Waals surface area (Å²) in [6.07, 6.45) is 0. The summed E-state index contributed by atoms with van der Waals surface area (Å²) in [4.78, 5) is 0. The van der Waals surface area contributed by atoms with E-state index in [1.807, 2.05) is 0 Å². The minimum absolute atomic E-state index is 1.16. The van der Waals surface area contributed by atoms with E-state index in [1.54, 1.807) is 0 Å². The zero-order valence-electron chi connectivity index (χ0n) is 31.0. The van der Waals surface area contributed by atoms with E-state index in [-0.39, 0.29) is 0 Å². The highest BCUT2D eigenvalue weighted by Crippen LogP contribution is 2.43. The lowest BCUT2D eigenvalue weighted by molar-refractivity contribution is 1.17. The summed E-state index contributed by atoms with van der Waals surface area (Å²) in [5.41, 5.74) is 15.2. The van der Waals surface area contributed by atoms with Gasteiger partial charge >= 0.3 is 0 Å². The van der Waals surface area contributed by atoms with E-state index in [4.69, 9.17) is 0 Å². The molecule has 0 atom stereocenters. The maximum atomic E-state index is 2.55. The number of hydrogen-bond donors (Lipinski definition) is 0. The molecule has 2 nitrogen and oxygen atoms in total. The Morgan fingerprint density at radius 1 is 0.281 bits per heavy atom. The summed E-state index contributed by atoms with van der Waals surface area (Å²) in [6.45, 7) is 0. The Hall–Kier alpha value is -7.20. The molecule has 3 heteroatoms. The van der Waals surface area contributed by atoms with Crippen molar-refractivity contribution in [3.05, 3.63) is 206 Å². The Kier molecular flexibility index (Phi) is 6.22. The van der Waals surface area contributed by atoms with Crippen LogP contribution in [-0.2, 0) is 0 Å². The minimum Gasteiger partial charge on any atom is -0.309 e. The maximum absolute atomic E-state index is 2.55. The summed E-state index contributed by atoms with van der Waals surface area (Å²) in [7, 11) is -2.53. The third-order valence-corrected chi connectivity index (χ3v) is 17.9. The molecule has 57 heavy (non-hydrogen) atoms. The van der Waals surface area contributed by atoms with Gasteiger partial charge in [0.1, 0.15) is 0 Å². The number of para-hydroxylation sites is 3. The molecule has 0 unspecified atom stereocenters. The second-order valence-corrected chi connectivity index (χ2v) is 19.2. The predicted octanol–water partition coefficient (Wildman–Crippen LogP) is 10.9. The van der Waals surface area contributed by atoms with Crippen LogP contribution in [0.4, 0.5) is 0 Å². The van der Waals surface area contributed by atoms with Gasteiger partial charge in [-0.3, -0.25) is 0 Å². The standard InChI is InChI=1S/C54H34N2Si/c1-2-16-37(17-3-1)55-45-24-9-4-22-43(45)53-47(55)31-32-48-54(53)44-23-5-10-25-46(44)56(48)38-18-14-15-35(33-38)36-29-30-42-41-21-8-13-28-51(41)57(52(42)34-36)49-26-11-6-19-39(49)40-20-7-12-27-50(40)57/h1-34H. The summed E-state index contributed by atoms with van der Waals surface area (Å²) >= 11 is 0. The van der Waals surface area contributed by atoms with Crippen molar-refractivity contribution in [3.63, 3.8) is 0 Å². The lowest BCUT2D eigenvalue weighted by Gasteiger charge is -2.28. The molecule has 9 aromatic carbocycles. The van der Waals surface area contributed by atoms with Crippen molar-refractivity contribution in [3.8, 4) is 44.8 Å². The van der Waals surface area contributed by atoms with Crippen molar-refractivity contribution in [1.29, 1.82) is 0 Å². The molecule has 0 saturated carbocycles. The second-order valence-electron chi connectivity index (χ2n) is 15.6. The largest absolute Gasteiger partial charge is 0.309 e. The van der Waals surface area contributed by atoms with E-state index in [0.717, 1.165) is 5.69 Å². The Morgan fingerprint density at radius 2 is 0.737 bits per heavy atom. The lowest BCUT2D eigenvalue weighted by Crippen LogP contribution is -2.70. The predicted molar refractivity (Wildman–Crippen MR) is 242 cm³/mol. The fourth-order valence-electron chi connectivity index (χ4n) is 10.8. The van der Waals surface area contributed by atoms with Gasteiger partial charge in [-0.05, 0) is 103 Å². The van der Waals surface area contributed by atoms with Crippen LogP contribution in [0.3, 0.4) is 0 Å². The normalized spacial score (nSPS) is 13.4. The van der Waals surface area contributed by atoms with Gasteiger partial charge in [-0.15, -0.1) is 0 Å². The van der Waals surface area contributed by atoms with E-state index in [9.17, 15) is 0 Å². The molecular formula is C54H34N2Si. The molecule has 264 valence electrons. The van der Waals surface area contributed by atoms with Crippen molar-refractivity contribution in [2.24, 2.45) is 0 Å². The topological polar surface area (TPSA) is 9.86 Å². The molecule has 0 N–H and O–H groups in total. The van der Waals surface area contributed by atoms with E-state index in [0.29, 0.717) is 0 Å². The molecule has 2 aliphatic rings. The highest BCUT2D eigenvalue weighted by Gasteiger charge is 2.53. The van der Waals surface area contributed by atoms with Crippen LogP contribution in [0.2, 0.25) is 0 Å². The first kappa shape index (κ1) is 31.0. The first-order valence-corrected chi connectivity index (χ1v) is 21.9. The zero-order chi connectivity index (χ0) is 37.2. The van der Waals surface area contributed by atoms with Gasteiger partial charge < -0.3 is 9.13 Å². The molecule has 0 saturated heterocycles. The summed E-state index contributed by atoms with van der Waals surface area (Å²) in [5.74, 6) is 0. The van der Waals surface area contributed by atoms with Crippen molar-refractivity contribution in [2.75, 3.05) is 0 Å².